The lowest BCUT2D eigenvalue weighted by Crippen LogP contribution is -2.51. The number of nitrogens with one attached hydrogen (secondary N) is 1. The molecule has 0 aromatic carbocycles. The molecule has 1 spiro atoms. The van der Waals surface area contributed by atoms with Crippen molar-refractivity contribution in [2.45, 2.75) is 31.0 Å². The average Bonchev–Trinajstić information content (AvgIpc) is 2.79. The number of hydrogen-bond donors (Lipinski definition) is 1. The highest BCUT2D eigenvalue weighted by atomic mass is 16.5. The Morgan fingerprint density at radius 3 is 3.08 bits per heavy atom. The van der Waals surface area contributed by atoms with E-state index in [0.717, 1.165) is 32.4 Å². The maximum Gasteiger partial charge on any atom is 0.171 e. The summed E-state index contributed by atoms with van der Waals surface area (Å²) in [5.74, 6) is 0.643. The summed E-state index contributed by atoms with van der Waals surface area (Å²) in [5, 5.41) is 3.24. The van der Waals surface area contributed by atoms with Gasteiger partial charge in [-0.05, 0) is 25.8 Å². The van der Waals surface area contributed by atoms with E-state index in [4.69, 9.17) is 4.74 Å². The van der Waals surface area contributed by atoms with Crippen LogP contribution in [-0.2, 0) is 9.53 Å². The van der Waals surface area contributed by atoms with Crippen LogP contribution in [0.5, 0.6) is 0 Å². The lowest BCUT2D eigenvalue weighted by Gasteiger charge is -2.32. The van der Waals surface area contributed by atoms with Crippen LogP contribution in [0.4, 0.5) is 0 Å². The van der Waals surface area contributed by atoms with E-state index in [0.29, 0.717) is 5.78 Å². The minimum atomic E-state index is -0.397. The summed E-state index contributed by atoms with van der Waals surface area (Å²) in [6, 6.07) is 0. The molecule has 0 aromatic heterocycles. The quantitative estimate of drug-likeness (QED) is 0.556. The van der Waals surface area contributed by atoms with Crippen LogP contribution in [0.3, 0.4) is 0 Å². The molecule has 3 nitrogen and oxygen atoms in total. The second-order valence-electron chi connectivity index (χ2n) is 4.14. The molecule has 0 aromatic rings. The van der Waals surface area contributed by atoms with E-state index in [-0.39, 0.29) is 12.0 Å². The molecule has 2 heterocycles. The second kappa shape index (κ2) is 2.09. The van der Waals surface area contributed by atoms with Crippen LogP contribution in [0, 0.1) is 5.92 Å². The number of carbonyl (C=O) groups is 1. The number of ether oxygens (including phenoxy) is 1. The maximum absolute atomic E-state index is 11.8. The van der Waals surface area contributed by atoms with Crippen molar-refractivity contribution in [2.24, 2.45) is 5.92 Å². The molecule has 3 aliphatic rings. The molecule has 1 aliphatic carbocycles. The smallest absolute Gasteiger partial charge is 0.171 e. The van der Waals surface area contributed by atoms with Crippen LogP contribution in [0.2, 0.25) is 0 Å². The van der Waals surface area contributed by atoms with Gasteiger partial charge >= 0.3 is 0 Å². The number of rotatable bonds is 0. The first-order chi connectivity index (χ1) is 5.82. The highest BCUT2D eigenvalue weighted by molar-refractivity contribution is 5.94. The van der Waals surface area contributed by atoms with Crippen molar-refractivity contribution in [1.29, 1.82) is 0 Å². The molecule has 3 rings (SSSR count). The zero-order chi connectivity index (χ0) is 8.18. The van der Waals surface area contributed by atoms with Gasteiger partial charge in [0, 0.05) is 12.5 Å². The van der Waals surface area contributed by atoms with Crippen LogP contribution in [-0.4, -0.2) is 30.6 Å². The third-order valence-electron chi connectivity index (χ3n) is 3.24. The van der Waals surface area contributed by atoms with Gasteiger partial charge in [0.05, 0.1) is 6.10 Å². The van der Waals surface area contributed by atoms with Gasteiger partial charge in [-0.3, -0.25) is 4.79 Å². The summed E-state index contributed by atoms with van der Waals surface area (Å²) in [5.41, 5.74) is -0.397. The standard InChI is InChI=1S/C9H13NO2/c11-8-6-4-7(6)12-9(8)2-1-3-10-5-9/h6-7,10H,1-5H2. The molecule has 2 aliphatic heterocycles. The Kier molecular flexibility index (Phi) is 1.23. The SMILES string of the molecule is O=C1C2CC2OC12CCCNC2. The third-order valence-corrected chi connectivity index (χ3v) is 3.24. The summed E-state index contributed by atoms with van der Waals surface area (Å²) in [4.78, 5) is 11.8. The molecule has 66 valence electrons. The molecule has 3 heteroatoms. The van der Waals surface area contributed by atoms with E-state index in [9.17, 15) is 4.79 Å². The average molecular weight is 167 g/mol. The van der Waals surface area contributed by atoms with E-state index >= 15 is 0 Å². The monoisotopic (exact) mass is 167 g/mol. The third kappa shape index (κ3) is 0.756. The molecule has 0 radical (unpaired) electrons. The van der Waals surface area contributed by atoms with Crippen molar-refractivity contribution < 1.29 is 9.53 Å². The van der Waals surface area contributed by atoms with Crippen LogP contribution in [0.15, 0.2) is 0 Å². The van der Waals surface area contributed by atoms with E-state index < -0.39 is 5.60 Å². The van der Waals surface area contributed by atoms with Gasteiger partial charge in [0.25, 0.3) is 0 Å². The first-order valence-electron chi connectivity index (χ1n) is 4.75. The van der Waals surface area contributed by atoms with Crippen molar-refractivity contribution in [2.75, 3.05) is 13.1 Å². The predicted molar refractivity (Wildman–Crippen MR) is 42.8 cm³/mol. The van der Waals surface area contributed by atoms with Crippen molar-refractivity contribution >= 4 is 5.78 Å². The molecule has 2 saturated heterocycles. The Morgan fingerprint density at radius 1 is 1.58 bits per heavy atom. The van der Waals surface area contributed by atoms with Crippen LogP contribution in [0.1, 0.15) is 19.3 Å². The first kappa shape index (κ1) is 7.04. The van der Waals surface area contributed by atoms with E-state index in [1.54, 1.807) is 0 Å². The maximum atomic E-state index is 11.8. The molecule has 12 heavy (non-hydrogen) atoms. The molecule has 3 fully saturated rings. The van der Waals surface area contributed by atoms with Crippen molar-refractivity contribution in [3.63, 3.8) is 0 Å². The minimum absolute atomic E-state index is 0.268. The topological polar surface area (TPSA) is 38.3 Å². The van der Waals surface area contributed by atoms with Gasteiger partial charge in [-0.25, -0.2) is 0 Å². The second-order valence-corrected chi connectivity index (χ2v) is 4.14. The number of ketones is 1. The fourth-order valence-electron chi connectivity index (χ4n) is 2.45. The first-order valence-corrected chi connectivity index (χ1v) is 4.75. The predicted octanol–water partition coefficient (Wildman–Crippen LogP) is 0.0964. The number of fused-ring (bicyclic) bond motifs is 1. The number of carbonyl (C=O) groups excluding carboxylic acids is 1. The summed E-state index contributed by atoms with van der Waals surface area (Å²) in [6.45, 7) is 1.78. The zero-order valence-corrected chi connectivity index (χ0v) is 7.01. The van der Waals surface area contributed by atoms with Crippen molar-refractivity contribution in [3.05, 3.63) is 0 Å². The van der Waals surface area contributed by atoms with Gasteiger partial charge in [-0.2, -0.15) is 0 Å². The molecule has 1 saturated carbocycles. The minimum Gasteiger partial charge on any atom is -0.362 e. The Bertz CT molecular complexity index is 233. The molecule has 1 N–H and O–H groups in total. The van der Waals surface area contributed by atoms with Crippen molar-refractivity contribution in [1.82, 2.24) is 5.32 Å². The van der Waals surface area contributed by atoms with Gasteiger partial charge in [-0.1, -0.05) is 0 Å². The Labute approximate surface area is 71.5 Å². The Hall–Kier alpha value is -0.410. The largest absolute Gasteiger partial charge is 0.362 e. The van der Waals surface area contributed by atoms with Crippen molar-refractivity contribution in [3.8, 4) is 0 Å². The lowest BCUT2D eigenvalue weighted by molar-refractivity contribution is -0.138. The molecule has 0 bridgehead atoms. The lowest BCUT2D eigenvalue weighted by atomic mass is 9.88. The highest BCUT2D eigenvalue weighted by Gasteiger charge is 2.62. The number of Topliss-reactive ketones (excluding diaryl/α,β-unsaturated/α-hetero) is 1. The Balaban J connectivity index is 1.85. The van der Waals surface area contributed by atoms with E-state index in [1.165, 1.54) is 0 Å². The fraction of sp³-hybridized carbons (Fsp3) is 0.889. The van der Waals surface area contributed by atoms with Gasteiger partial charge < -0.3 is 10.1 Å². The molecule has 3 unspecified atom stereocenters. The van der Waals surface area contributed by atoms with Gasteiger partial charge in [0.15, 0.2) is 5.78 Å². The molecule has 3 atom stereocenters. The van der Waals surface area contributed by atoms with Gasteiger partial charge in [0.2, 0.25) is 0 Å². The van der Waals surface area contributed by atoms with Crippen LogP contribution in [0.25, 0.3) is 0 Å². The summed E-state index contributed by atoms with van der Waals surface area (Å²) >= 11 is 0. The number of piperidine rings is 1. The van der Waals surface area contributed by atoms with Gasteiger partial charge in [-0.15, -0.1) is 0 Å². The molecule has 0 amide bonds. The molecular weight excluding hydrogens is 154 g/mol. The van der Waals surface area contributed by atoms with E-state index in [2.05, 4.69) is 5.32 Å². The van der Waals surface area contributed by atoms with Crippen LogP contribution >= 0.6 is 0 Å². The summed E-state index contributed by atoms with van der Waals surface area (Å²) < 4.78 is 5.76. The number of hydrogen-bond acceptors (Lipinski definition) is 3. The van der Waals surface area contributed by atoms with Crippen LogP contribution < -0.4 is 5.32 Å². The Morgan fingerprint density at radius 2 is 2.50 bits per heavy atom. The zero-order valence-electron chi connectivity index (χ0n) is 7.01. The molecular formula is C9H13NO2. The van der Waals surface area contributed by atoms with Gasteiger partial charge in [0.1, 0.15) is 5.60 Å². The fourth-order valence-corrected chi connectivity index (χ4v) is 2.45. The highest BCUT2D eigenvalue weighted by Crippen LogP contribution is 2.49. The summed E-state index contributed by atoms with van der Waals surface area (Å²) in [6.07, 6.45) is 3.29. The van der Waals surface area contributed by atoms with E-state index in [1.807, 2.05) is 0 Å². The summed E-state index contributed by atoms with van der Waals surface area (Å²) in [7, 11) is 0. The normalized spacial score (nSPS) is 51.2.